The van der Waals surface area contributed by atoms with Crippen molar-refractivity contribution in [3.05, 3.63) is 36.0 Å². The molecule has 1 aromatic heterocycles. The van der Waals surface area contributed by atoms with E-state index in [9.17, 15) is 4.79 Å². The highest BCUT2D eigenvalue weighted by Crippen LogP contribution is 2.50. The highest BCUT2D eigenvalue weighted by atomic mass is 16.2. The molecule has 0 radical (unpaired) electrons. The van der Waals surface area contributed by atoms with Crippen LogP contribution in [0.2, 0.25) is 0 Å². The van der Waals surface area contributed by atoms with Crippen LogP contribution in [-0.4, -0.2) is 40.5 Å². The Hall–Kier alpha value is -1.81. The van der Waals surface area contributed by atoms with Gasteiger partial charge in [0.05, 0.1) is 0 Å². The highest BCUT2D eigenvalue weighted by molar-refractivity contribution is 5.98. The summed E-state index contributed by atoms with van der Waals surface area (Å²) in [5.74, 6) is 0.189. The molecule has 1 aromatic carbocycles. The third-order valence-corrected chi connectivity index (χ3v) is 6.78. The molecule has 3 heterocycles. The van der Waals surface area contributed by atoms with E-state index in [-0.39, 0.29) is 11.3 Å². The lowest BCUT2D eigenvalue weighted by atomic mass is 9.72. The largest absolute Gasteiger partial charge is 0.351 e. The van der Waals surface area contributed by atoms with Crippen molar-refractivity contribution in [3.63, 3.8) is 0 Å². The number of amides is 1. The maximum absolute atomic E-state index is 13.4. The van der Waals surface area contributed by atoms with Gasteiger partial charge in [0.25, 0.3) is 5.91 Å². The topological polar surface area (TPSA) is 48.1 Å². The molecule has 4 nitrogen and oxygen atoms in total. The number of hydrogen-bond acceptors (Lipinski definition) is 2. The number of nitrogens with zero attached hydrogens (tertiary/aromatic N) is 1. The number of carbonyl (C=O) groups excluding carboxylic acids is 1. The van der Waals surface area contributed by atoms with E-state index in [1.165, 1.54) is 19.3 Å². The number of aromatic amines is 1. The Morgan fingerprint density at radius 3 is 2.96 bits per heavy atom. The normalized spacial score (nSPS) is 35.2. The summed E-state index contributed by atoms with van der Waals surface area (Å²) in [7, 11) is 0. The zero-order chi connectivity index (χ0) is 16.3. The second kappa shape index (κ2) is 5.09. The van der Waals surface area contributed by atoms with E-state index >= 15 is 0 Å². The average molecular weight is 323 g/mol. The smallest absolute Gasteiger partial charge is 0.270 e. The zero-order valence-electron chi connectivity index (χ0n) is 14.2. The van der Waals surface area contributed by atoms with Crippen molar-refractivity contribution in [2.75, 3.05) is 6.54 Å². The molecule has 3 fully saturated rings. The Kier molecular flexibility index (Phi) is 3.08. The monoisotopic (exact) mass is 323 g/mol. The van der Waals surface area contributed by atoms with Gasteiger partial charge in [0.15, 0.2) is 0 Å². The van der Waals surface area contributed by atoms with Crippen molar-refractivity contribution < 1.29 is 4.79 Å². The minimum Gasteiger partial charge on any atom is -0.351 e. The minimum absolute atomic E-state index is 0.189. The molecule has 4 heteroatoms. The number of nitrogens with one attached hydrogen (secondary N) is 2. The number of aromatic nitrogens is 1. The molecule has 1 aliphatic carbocycles. The number of H-pyrrole nitrogens is 1. The van der Waals surface area contributed by atoms with Crippen molar-refractivity contribution in [1.82, 2.24) is 15.2 Å². The Morgan fingerprint density at radius 2 is 2.08 bits per heavy atom. The van der Waals surface area contributed by atoms with Gasteiger partial charge in [-0.15, -0.1) is 0 Å². The molecule has 5 rings (SSSR count). The predicted octanol–water partition coefficient (Wildman–Crippen LogP) is 3.30. The fourth-order valence-electron chi connectivity index (χ4n) is 5.59. The van der Waals surface area contributed by atoms with Gasteiger partial charge >= 0.3 is 0 Å². The maximum Gasteiger partial charge on any atom is 0.270 e. The molecular formula is C20H25N3O. The average Bonchev–Trinajstić information content (AvgIpc) is 3.06. The van der Waals surface area contributed by atoms with E-state index < -0.39 is 0 Å². The third kappa shape index (κ3) is 1.92. The molecule has 2 N–H and O–H groups in total. The second-order valence-electron chi connectivity index (χ2n) is 8.11. The van der Waals surface area contributed by atoms with Crippen molar-refractivity contribution in [3.8, 4) is 0 Å². The van der Waals surface area contributed by atoms with Crippen LogP contribution in [0.15, 0.2) is 30.3 Å². The Labute approximate surface area is 142 Å². The number of hydrogen-bond donors (Lipinski definition) is 2. The third-order valence-electron chi connectivity index (χ3n) is 6.78. The van der Waals surface area contributed by atoms with Gasteiger partial charge < -0.3 is 15.2 Å². The minimum atomic E-state index is 0.189. The van der Waals surface area contributed by atoms with Crippen LogP contribution < -0.4 is 5.32 Å². The Bertz CT molecular complexity index is 764. The van der Waals surface area contributed by atoms with E-state index in [2.05, 4.69) is 28.2 Å². The fourth-order valence-corrected chi connectivity index (χ4v) is 5.59. The van der Waals surface area contributed by atoms with Crippen molar-refractivity contribution in [2.24, 2.45) is 5.41 Å². The first-order valence-corrected chi connectivity index (χ1v) is 9.30. The fraction of sp³-hybridized carbons (Fsp3) is 0.550. The lowest BCUT2D eigenvalue weighted by Crippen LogP contribution is -2.51. The molecule has 3 aliphatic rings. The van der Waals surface area contributed by atoms with Gasteiger partial charge in [0.1, 0.15) is 5.69 Å². The molecule has 126 valence electrons. The summed E-state index contributed by atoms with van der Waals surface area (Å²) in [6, 6.07) is 11.4. The number of carbonyl (C=O) groups is 1. The van der Waals surface area contributed by atoms with Crippen LogP contribution in [-0.2, 0) is 0 Å². The van der Waals surface area contributed by atoms with E-state index in [0.29, 0.717) is 18.1 Å². The van der Waals surface area contributed by atoms with Gasteiger partial charge in [-0.2, -0.15) is 0 Å². The van der Waals surface area contributed by atoms with Crippen LogP contribution in [0.25, 0.3) is 10.9 Å². The van der Waals surface area contributed by atoms with Crippen molar-refractivity contribution in [1.29, 1.82) is 0 Å². The van der Waals surface area contributed by atoms with Crippen molar-refractivity contribution in [2.45, 2.75) is 57.2 Å². The highest BCUT2D eigenvalue weighted by Gasteiger charge is 2.57. The van der Waals surface area contributed by atoms with Gasteiger partial charge in [-0.05, 0) is 31.4 Å². The summed E-state index contributed by atoms with van der Waals surface area (Å²) in [6.45, 7) is 3.36. The van der Waals surface area contributed by atoms with Gasteiger partial charge in [-0.3, -0.25) is 4.79 Å². The molecule has 2 bridgehead atoms. The first-order valence-electron chi connectivity index (χ1n) is 9.30. The number of piperidine rings is 1. The molecule has 2 aromatic rings. The van der Waals surface area contributed by atoms with Gasteiger partial charge in [-0.1, -0.05) is 38.0 Å². The zero-order valence-corrected chi connectivity index (χ0v) is 14.2. The predicted molar refractivity (Wildman–Crippen MR) is 95.0 cm³/mol. The molecule has 1 amide bonds. The number of fused-ring (bicyclic) bond motifs is 2. The summed E-state index contributed by atoms with van der Waals surface area (Å²) < 4.78 is 0. The maximum atomic E-state index is 13.4. The lowest BCUT2D eigenvalue weighted by Gasteiger charge is -2.39. The number of para-hydroxylation sites is 1. The first-order chi connectivity index (χ1) is 11.7. The Morgan fingerprint density at radius 1 is 1.25 bits per heavy atom. The Balaban J connectivity index is 1.54. The second-order valence-corrected chi connectivity index (χ2v) is 8.11. The van der Waals surface area contributed by atoms with Crippen LogP contribution in [0, 0.1) is 5.41 Å². The number of rotatable bonds is 1. The van der Waals surface area contributed by atoms with Crippen LogP contribution in [0.5, 0.6) is 0 Å². The van der Waals surface area contributed by atoms with Gasteiger partial charge in [0.2, 0.25) is 0 Å². The molecular weight excluding hydrogens is 298 g/mol. The molecule has 0 unspecified atom stereocenters. The van der Waals surface area contributed by atoms with Crippen LogP contribution >= 0.6 is 0 Å². The summed E-state index contributed by atoms with van der Waals surface area (Å²) in [6.07, 6.45) is 6.08. The van der Waals surface area contributed by atoms with E-state index in [0.717, 1.165) is 36.0 Å². The van der Waals surface area contributed by atoms with E-state index in [4.69, 9.17) is 0 Å². The van der Waals surface area contributed by atoms with E-state index in [1.54, 1.807) is 0 Å². The SMILES string of the molecule is C[C@@]12C[C@H]3CN[C@@H]1CCCC[C@@H]2N3C(=O)c1cc2ccccc2[nH]1. The van der Waals surface area contributed by atoms with Gasteiger partial charge in [-0.25, -0.2) is 0 Å². The van der Waals surface area contributed by atoms with Crippen LogP contribution in [0.1, 0.15) is 49.5 Å². The molecule has 1 saturated carbocycles. The van der Waals surface area contributed by atoms with Crippen LogP contribution in [0.4, 0.5) is 0 Å². The van der Waals surface area contributed by atoms with Crippen LogP contribution in [0.3, 0.4) is 0 Å². The molecule has 2 saturated heterocycles. The summed E-state index contributed by atoms with van der Waals surface area (Å²) in [5.41, 5.74) is 2.03. The van der Waals surface area contributed by atoms with Gasteiger partial charge in [0, 0.05) is 41.0 Å². The quantitative estimate of drug-likeness (QED) is 0.846. The lowest BCUT2D eigenvalue weighted by molar-refractivity contribution is 0.0624. The number of likely N-dealkylation sites (tertiary alicyclic amines) is 1. The molecule has 4 atom stereocenters. The molecule has 0 spiro atoms. The molecule has 2 aliphatic heterocycles. The van der Waals surface area contributed by atoms with E-state index in [1.807, 2.05) is 24.3 Å². The van der Waals surface area contributed by atoms with Crippen molar-refractivity contribution >= 4 is 16.8 Å². The first kappa shape index (κ1) is 14.5. The number of benzene rings is 1. The summed E-state index contributed by atoms with van der Waals surface area (Å²) >= 11 is 0. The standard InChI is InChI=1S/C20H25N3O/c1-20-11-14-12-21-17(20)8-4-5-9-18(20)23(14)19(24)16-10-13-6-2-3-7-15(13)22-16/h2-3,6-7,10,14,17-18,21-22H,4-5,8-9,11-12H2,1H3/t14-,17+,18-,20+/m0/s1. The summed E-state index contributed by atoms with van der Waals surface area (Å²) in [5, 5.41) is 4.87. The molecule has 24 heavy (non-hydrogen) atoms. The summed E-state index contributed by atoms with van der Waals surface area (Å²) in [4.78, 5) is 18.9.